The van der Waals surface area contributed by atoms with Gasteiger partial charge in [-0.25, -0.2) is 4.98 Å². The molecule has 0 aliphatic carbocycles. The van der Waals surface area contributed by atoms with Gasteiger partial charge in [-0.2, -0.15) is 0 Å². The van der Waals surface area contributed by atoms with E-state index in [4.69, 9.17) is 4.42 Å². The average molecular weight is 346 g/mol. The van der Waals surface area contributed by atoms with Gasteiger partial charge in [-0.1, -0.05) is 42.5 Å². The summed E-state index contributed by atoms with van der Waals surface area (Å²) in [7, 11) is 0. The van der Waals surface area contributed by atoms with Crippen LogP contribution >= 0.6 is 0 Å². The molecule has 2 heterocycles. The van der Waals surface area contributed by atoms with Crippen molar-refractivity contribution in [2.45, 2.75) is 31.7 Å². The van der Waals surface area contributed by atoms with E-state index in [0.29, 0.717) is 5.89 Å². The molecular formula is C22H22N2O2. The fourth-order valence-electron chi connectivity index (χ4n) is 3.59. The first-order valence-corrected chi connectivity index (χ1v) is 9.18. The SMILES string of the molecule is O=C(/C=C/c1nc2ccccc2o1)N1CCCC[C@@H]1Cc1ccccc1. The van der Waals surface area contributed by atoms with Gasteiger partial charge in [0.25, 0.3) is 0 Å². The van der Waals surface area contributed by atoms with Crippen molar-refractivity contribution in [2.75, 3.05) is 6.54 Å². The number of likely N-dealkylation sites (tertiary alicyclic amines) is 1. The molecule has 1 aliphatic heterocycles. The van der Waals surface area contributed by atoms with Gasteiger partial charge >= 0.3 is 0 Å². The van der Waals surface area contributed by atoms with Crippen LogP contribution < -0.4 is 0 Å². The van der Waals surface area contributed by atoms with Crippen molar-refractivity contribution >= 4 is 23.1 Å². The van der Waals surface area contributed by atoms with E-state index in [0.717, 1.165) is 36.9 Å². The first-order chi connectivity index (χ1) is 12.8. The van der Waals surface area contributed by atoms with Crippen molar-refractivity contribution < 1.29 is 9.21 Å². The zero-order valence-corrected chi connectivity index (χ0v) is 14.7. The highest BCUT2D eigenvalue weighted by molar-refractivity contribution is 5.91. The van der Waals surface area contributed by atoms with Crippen LogP contribution in [0.25, 0.3) is 17.2 Å². The summed E-state index contributed by atoms with van der Waals surface area (Å²) < 4.78 is 5.66. The highest BCUT2D eigenvalue weighted by atomic mass is 16.3. The quantitative estimate of drug-likeness (QED) is 0.655. The van der Waals surface area contributed by atoms with Crippen LogP contribution in [0.2, 0.25) is 0 Å². The largest absolute Gasteiger partial charge is 0.437 e. The molecule has 1 fully saturated rings. The van der Waals surface area contributed by atoms with Gasteiger partial charge in [0.05, 0.1) is 0 Å². The number of oxazole rings is 1. The third-order valence-electron chi connectivity index (χ3n) is 4.90. The van der Waals surface area contributed by atoms with Crippen LogP contribution in [0.5, 0.6) is 0 Å². The summed E-state index contributed by atoms with van der Waals surface area (Å²) in [6.07, 6.45) is 7.47. The van der Waals surface area contributed by atoms with Gasteiger partial charge in [-0.15, -0.1) is 0 Å². The minimum atomic E-state index is 0.0351. The second-order valence-corrected chi connectivity index (χ2v) is 6.72. The third kappa shape index (κ3) is 3.69. The second kappa shape index (κ2) is 7.56. The van der Waals surface area contributed by atoms with Gasteiger partial charge in [0.1, 0.15) is 5.52 Å². The zero-order valence-electron chi connectivity index (χ0n) is 14.7. The van der Waals surface area contributed by atoms with E-state index in [2.05, 4.69) is 29.2 Å². The molecule has 4 rings (SSSR count). The van der Waals surface area contributed by atoms with Gasteiger partial charge in [-0.3, -0.25) is 4.79 Å². The van der Waals surface area contributed by atoms with Gasteiger partial charge < -0.3 is 9.32 Å². The summed E-state index contributed by atoms with van der Waals surface area (Å²) in [4.78, 5) is 19.1. The maximum absolute atomic E-state index is 12.8. The molecule has 0 spiro atoms. The summed E-state index contributed by atoms with van der Waals surface area (Å²) in [6, 6.07) is 18.3. The lowest BCUT2D eigenvalue weighted by Crippen LogP contribution is -2.44. The van der Waals surface area contributed by atoms with Crippen LogP contribution in [0.1, 0.15) is 30.7 Å². The molecule has 2 aromatic carbocycles. The Bertz CT molecular complexity index is 881. The van der Waals surface area contributed by atoms with Crippen molar-refractivity contribution in [2.24, 2.45) is 0 Å². The predicted octanol–water partition coefficient (Wildman–Crippen LogP) is 4.46. The molecule has 1 amide bonds. The molecule has 1 aromatic heterocycles. The molecule has 0 saturated carbocycles. The van der Waals surface area contributed by atoms with E-state index in [-0.39, 0.29) is 11.9 Å². The van der Waals surface area contributed by atoms with Crippen LogP contribution in [0.15, 0.2) is 65.1 Å². The summed E-state index contributed by atoms with van der Waals surface area (Å²) >= 11 is 0. The number of amides is 1. The Morgan fingerprint density at radius 3 is 2.77 bits per heavy atom. The lowest BCUT2D eigenvalue weighted by molar-refractivity contribution is -0.129. The van der Waals surface area contributed by atoms with Crippen LogP contribution in [-0.4, -0.2) is 28.4 Å². The van der Waals surface area contributed by atoms with Crippen molar-refractivity contribution in [3.05, 3.63) is 72.1 Å². The Balaban J connectivity index is 1.47. The Morgan fingerprint density at radius 1 is 1.12 bits per heavy atom. The fourth-order valence-corrected chi connectivity index (χ4v) is 3.59. The van der Waals surface area contributed by atoms with E-state index in [1.807, 2.05) is 35.2 Å². The molecule has 0 radical (unpaired) electrons. The van der Waals surface area contributed by atoms with E-state index in [1.54, 1.807) is 12.2 Å². The Labute approximate surface area is 153 Å². The molecule has 132 valence electrons. The highest BCUT2D eigenvalue weighted by Crippen LogP contribution is 2.22. The van der Waals surface area contributed by atoms with Crippen LogP contribution in [0.4, 0.5) is 0 Å². The second-order valence-electron chi connectivity index (χ2n) is 6.72. The number of piperidine rings is 1. The Morgan fingerprint density at radius 2 is 1.92 bits per heavy atom. The molecule has 26 heavy (non-hydrogen) atoms. The van der Waals surface area contributed by atoms with E-state index < -0.39 is 0 Å². The number of nitrogens with zero attached hydrogens (tertiary/aromatic N) is 2. The van der Waals surface area contributed by atoms with Gasteiger partial charge in [0.15, 0.2) is 5.58 Å². The van der Waals surface area contributed by atoms with Gasteiger partial charge in [0, 0.05) is 24.7 Å². The standard InChI is InChI=1S/C22H22N2O2/c25-22(14-13-21-23-19-11-4-5-12-20(19)26-21)24-15-7-6-10-18(24)16-17-8-2-1-3-9-17/h1-5,8-9,11-14,18H,6-7,10,15-16H2/b14-13+/t18-/m1/s1. The Kier molecular flexibility index (Phi) is 4.82. The molecule has 4 nitrogen and oxygen atoms in total. The third-order valence-corrected chi connectivity index (χ3v) is 4.90. The summed E-state index contributed by atoms with van der Waals surface area (Å²) in [5, 5.41) is 0. The smallest absolute Gasteiger partial charge is 0.247 e. The number of hydrogen-bond acceptors (Lipinski definition) is 3. The topological polar surface area (TPSA) is 46.3 Å². The molecule has 4 heteroatoms. The van der Waals surface area contributed by atoms with Crippen molar-refractivity contribution in [3.63, 3.8) is 0 Å². The summed E-state index contributed by atoms with van der Waals surface area (Å²) in [6.45, 7) is 0.814. The molecule has 0 unspecified atom stereocenters. The normalized spacial score (nSPS) is 17.8. The van der Waals surface area contributed by atoms with Gasteiger partial charge in [0.2, 0.25) is 11.8 Å². The summed E-state index contributed by atoms with van der Waals surface area (Å²) in [5.41, 5.74) is 2.82. The molecular weight excluding hydrogens is 324 g/mol. The van der Waals surface area contributed by atoms with Crippen molar-refractivity contribution in [1.82, 2.24) is 9.88 Å². The molecule has 0 bridgehead atoms. The monoisotopic (exact) mass is 346 g/mol. The maximum atomic E-state index is 12.8. The van der Waals surface area contributed by atoms with Gasteiger partial charge in [-0.05, 0) is 43.4 Å². The lowest BCUT2D eigenvalue weighted by atomic mass is 9.95. The first kappa shape index (κ1) is 16.6. The van der Waals surface area contributed by atoms with Crippen LogP contribution in [0.3, 0.4) is 0 Å². The number of rotatable bonds is 4. The number of benzene rings is 2. The van der Waals surface area contributed by atoms with Crippen LogP contribution in [-0.2, 0) is 11.2 Å². The Hall–Kier alpha value is -2.88. The minimum Gasteiger partial charge on any atom is -0.437 e. The maximum Gasteiger partial charge on any atom is 0.247 e. The van der Waals surface area contributed by atoms with E-state index in [1.165, 1.54) is 12.0 Å². The van der Waals surface area contributed by atoms with Crippen molar-refractivity contribution in [1.29, 1.82) is 0 Å². The minimum absolute atomic E-state index is 0.0351. The predicted molar refractivity (Wildman–Crippen MR) is 103 cm³/mol. The average Bonchev–Trinajstić information content (AvgIpc) is 3.10. The molecule has 3 aromatic rings. The van der Waals surface area contributed by atoms with Crippen LogP contribution in [0, 0.1) is 0 Å². The molecule has 1 aliphatic rings. The molecule has 1 saturated heterocycles. The molecule has 0 N–H and O–H groups in total. The fraction of sp³-hybridized carbons (Fsp3) is 0.273. The molecule has 1 atom stereocenters. The lowest BCUT2D eigenvalue weighted by Gasteiger charge is -2.35. The number of para-hydroxylation sites is 2. The number of hydrogen-bond donors (Lipinski definition) is 0. The van der Waals surface area contributed by atoms with Crippen molar-refractivity contribution in [3.8, 4) is 0 Å². The number of carbonyl (C=O) groups excluding carboxylic acids is 1. The van der Waals surface area contributed by atoms with E-state index >= 15 is 0 Å². The number of aromatic nitrogens is 1. The summed E-state index contributed by atoms with van der Waals surface area (Å²) in [5.74, 6) is 0.504. The highest BCUT2D eigenvalue weighted by Gasteiger charge is 2.25. The number of fused-ring (bicyclic) bond motifs is 1. The zero-order chi connectivity index (χ0) is 17.8. The van der Waals surface area contributed by atoms with E-state index in [9.17, 15) is 4.79 Å². The number of carbonyl (C=O) groups is 1. The first-order valence-electron chi connectivity index (χ1n) is 9.18.